The second-order valence-electron chi connectivity index (χ2n) is 7.91. The van der Waals surface area contributed by atoms with Crippen LogP contribution in [0.1, 0.15) is 29.2 Å². The first kappa shape index (κ1) is 22.5. The molecule has 0 radical (unpaired) electrons. The van der Waals surface area contributed by atoms with Gasteiger partial charge in [-0.05, 0) is 57.7 Å². The number of rotatable bonds is 7. The summed E-state index contributed by atoms with van der Waals surface area (Å²) < 4.78 is 19.2. The number of nitrogens with zero attached hydrogens (tertiary/aromatic N) is 2. The number of benzene rings is 2. The Morgan fingerprint density at radius 3 is 2.58 bits per heavy atom. The standard InChI is InChI=1S/C24H27FN2O4/c1-15-7-5-8-16(13-15)21-20(22(28)18-14-17(25)9-10-19(18)31-4)23(29)24(30)27(21)12-6-11-26(2)3/h5,7-10,13-14,21,28H,6,11-12H2,1-4H3/b22-20+. The molecule has 1 N–H and O–H groups in total. The highest BCUT2D eigenvalue weighted by atomic mass is 19.1. The van der Waals surface area contributed by atoms with Crippen LogP contribution in [-0.2, 0) is 9.59 Å². The maximum Gasteiger partial charge on any atom is 0.295 e. The van der Waals surface area contributed by atoms with Crippen LogP contribution in [0.3, 0.4) is 0 Å². The van der Waals surface area contributed by atoms with E-state index in [-0.39, 0.29) is 16.9 Å². The minimum atomic E-state index is -0.792. The number of aryl methyl sites for hydroxylation is 1. The van der Waals surface area contributed by atoms with E-state index in [9.17, 15) is 19.1 Å². The Bertz CT molecular complexity index is 1030. The van der Waals surface area contributed by atoms with Gasteiger partial charge < -0.3 is 19.6 Å². The van der Waals surface area contributed by atoms with Crippen molar-refractivity contribution in [3.05, 3.63) is 70.5 Å². The summed E-state index contributed by atoms with van der Waals surface area (Å²) in [5.74, 6) is -2.30. The van der Waals surface area contributed by atoms with Crippen LogP contribution < -0.4 is 4.74 Å². The van der Waals surface area contributed by atoms with E-state index in [1.807, 2.05) is 50.2 Å². The normalized spacial score (nSPS) is 18.1. The number of hydrogen-bond donors (Lipinski definition) is 1. The summed E-state index contributed by atoms with van der Waals surface area (Å²) in [4.78, 5) is 29.4. The summed E-state index contributed by atoms with van der Waals surface area (Å²) in [6, 6.07) is 10.4. The highest BCUT2D eigenvalue weighted by Crippen LogP contribution is 2.41. The summed E-state index contributed by atoms with van der Waals surface area (Å²) >= 11 is 0. The number of carbonyl (C=O) groups excluding carboxylic acids is 2. The zero-order valence-electron chi connectivity index (χ0n) is 18.2. The van der Waals surface area contributed by atoms with Gasteiger partial charge in [0.2, 0.25) is 0 Å². The van der Waals surface area contributed by atoms with Gasteiger partial charge in [0.05, 0.1) is 24.3 Å². The molecule has 2 aromatic rings. The molecule has 1 saturated heterocycles. The van der Waals surface area contributed by atoms with E-state index in [4.69, 9.17) is 4.74 Å². The first-order valence-electron chi connectivity index (χ1n) is 10.1. The van der Waals surface area contributed by atoms with Crippen molar-refractivity contribution < 1.29 is 23.8 Å². The summed E-state index contributed by atoms with van der Waals surface area (Å²) in [6.45, 7) is 3.00. The molecule has 7 heteroatoms. The molecule has 0 aromatic heterocycles. The monoisotopic (exact) mass is 426 g/mol. The third kappa shape index (κ3) is 4.61. The van der Waals surface area contributed by atoms with E-state index in [2.05, 4.69) is 0 Å². The van der Waals surface area contributed by atoms with Crippen molar-refractivity contribution in [1.29, 1.82) is 0 Å². The highest BCUT2D eigenvalue weighted by Gasteiger charge is 2.46. The van der Waals surface area contributed by atoms with E-state index < -0.39 is 29.3 Å². The maximum absolute atomic E-state index is 13.9. The Balaban J connectivity index is 2.16. The van der Waals surface area contributed by atoms with Gasteiger partial charge in [-0.25, -0.2) is 4.39 Å². The fraction of sp³-hybridized carbons (Fsp3) is 0.333. The number of ketones is 1. The molecule has 6 nitrogen and oxygen atoms in total. The van der Waals surface area contributed by atoms with Gasteiger partial charge in [0, 0.05) is 6.54 Å². The molecule has 3 rings (SSSR count). The van der Waals surface area contributed by atoms with Crippen LogP contribution in [0.25, 0.3) is 5.76 Å². The number of aliphatic hydroxyl groups is 1. The topological polar surface area (TPSA) is 70.1 Å². The first-order chi connectivity index (χ1) is 14.7. The number of carbonyl (C=O) groups is 2. The van der Waals surface area contributed by atoms with Crippen molar-refractivity contribution in [3.63, 3.8) is 0 Å². The van der Waals surface area contributed by atoms with Crippen molar-refractivity contribution in [2.24, 2.45) is 0 Å². The van der Waals surface area contributed by atoms with Crippen molar-refractivity contribution in [3.8, 4) is 5.75 Å². The lowest BCUT2D eigenvalue weighted by atomic mass is 9.94. The number of methoxy groups -OCH3 is 1. The molecule has 0 bridgehead atoms. The number of hydrogen-bond acceptors (Lipinski definition) is 5. The zero-order valence-corrected chi connectivity index (χ0v) is 18.2. The van der Waals surface area contributed by atoms with Crippen molar-refractivity contribution in [1.82, 2.24) is 9.80 Å². The summed E-state index contributed by atoms with van der Waals surface area (Å²) in [6.07, 6.45) is 0.658. The lowest BCUT2D eigenvalue weighted by molar-refractivity contribution is -0.139. The summed E-state index contributed by atoms with van der Waals surface area (Å²) in [7, 11) is 5.26. The molecular formula is C24H27FN2O4. The van der Waals surface area contributed by atoms with Gasteiger partial charge in [-0.3, -0.25) is 9.59 Å². The largest absolute Gasteiger partial charge is 0.507 e. The van der Waals surface area contributed by atoms with Gasteiger partial charge in [-0.15, -0.1) is 0 Å². The Morgan fingerprint density at radius 1 is 1.19 bits per heavy atom. The minimum Gasteiger partial charge on any atom is -0.507 e. The number of aliphatic hydroxyl groups excluding tert-OH is 1. The molecule has 1 amide bonds. The average molecular weight is 426 g/mol. The Hall–Kier alpha value is -3.19. The molecule has 0 saturated carbocycles. The van der Waals surface area contributed by atoms with Gasteiger partial charge >= 0.3 is 0 Å². The third-order valence-electron chi connectivity index (χ3n) is 5.32. The molecule has 1 fully saturated rings. The van der Waals surface area contributed by atoms with E-state index in [1.165, 1.54) is 24.1 Å². The molecule has 2 aromatic carbocycles. The van der Waals surface area contributed by atoms with Gasteiger partial charge in [0.25, 0.3) is 11.7 Å². The second kappa shape index (κ2) is 9.31. The number of Topliss-reactive ketones (excluding diaryl/α,β-unsaturated/α-hetero) is 1. The van der Waals surface area contributed by atoms with Crippen LogP contribution in [0.4, 0.5) is 4.39 Å². The molecule has 0 spiro atoms. The molecule has 164 valence electrons. The molecule has 1 heterocycles. The Labute approximate surface area is 181 Å². The van der Waals surface area contributed by atoms with Crippen LogP contribution in [0, 0.1) is 12.7 Å². The smallest absolute Gasteiger partial charge is 0.295 e. The lowest BCUT2D eigenvalue weighted by Gasteiger charge is -2.26. The van der Waals surface area contributed by atoms with Gasteiger partial charge in [0.15, 0.2) is 0 Å². The molecule has 1 aliphatic heterocycles. The van der Waals surface area contributed by atoms with Crippen LogP contribution >= 0.6 is 0 Å². The van der Waals surface area contributed by atoms with Crippen LogP contribution in [-0.4, -0.2) is 60.9 Å². The van der Waals surface area contributed by atoms with Crippen LogP contribution in [0.2, 0.25) is 0 Å². The van der Waals surface area contributed by atoms with Crippen molar-refractivity contribution in [2.75, 3.05) is 34.3 Å². The third-order valence-corrected chi connectivity index (χ3v) is 5.32. The average Bonchev–Trinajstić information content (AvgIpc) is 2.98. The molecule has 1 atom stereocenters. The van der Waals surface area contributed by atoms with E-state index in [1.54, 1.807) is 0 Å². The lowest BCUT2D eigenvalue weighted by Crippen LogP contribution is -2.32. The molecule has 31 heavy (non-hydrogen) atoms. The van der Waals surface area contributed by atoms with Crippen LogP contribution in [0.5, 0.6) is 5.75 Å². The van der Waals surface area contributed by atoms with Gasteiger partial charge in [-0.2, -0.15) is 0 Å². The fourth-order valence-corrected chi connectivity index (χ4v) is 3.87. The van der Waals surface area contributed by atoms with Crippen LogP contribution in [0.15, 0.2) is 48.0 Å². The number of halogens is 1. The molecular weight excluding hydrogens is 399 g/mol. The first-order valence-corrected chi connectivity index (χ1v) is 10.1. The van der Waals surface area contributed by atoms with Crippen molar-refractivity contribution in [2.45, 2.75) is 19.4 Å². The van der Waals surface area contributed by atoms with Gasteiger partial charge in [0.1, 0.15) is 17.3 Å². The van der Waals surface area contributed by atoms with E-state index >= 15 is 0 Å². The summed E-state index contributed by atoms with van der Waals surface area (Å²) in [5.41, 5.74) is 1.64. The molecule has 1 unspecified atom stereocenters. The maximum atomic E-state index is 13.9. The second-order valence-corrected chi connectivity index (χ2v) is 7.91. The van der Waals surface area contributed by atoms with Gasteiger partial charge in [-0.1, -0.05) is 29.8 Å². The SMILES string of the molecule is COc1ccc(F)cc1/C(O)=C1\C(=O)C(=O)N(CCCN(C)C)C1c1cccc(C)c1. The van der Waals surface area contributed by atoms with E-state index in [0.29, 0.717) is 18.5 Å². The molecule has 0 aliphatic carbocycles. The fourth-order valence-electron chi connectivity index (χ4n) is 3.87. The Kier molecular flexibility index (Phi) is 6.75. The zero-order chi connectivity index (χ0) is 22.7. The predicted molar refractivity (Wildman–Crippen MR) is 116 cm³/mol. The predicted octanol–water partition coefficient (Wildman–Crippen LogP) is 3.52. The number of ether oxygens (including phenoxy) is 1. The molecule has 1 aliphatic rings. The quantitative estimate of drug-likeness (QED) is 0.417. The highest BCUT2D eigenvalue weighted by molar-refractivity contribution is 6.46. The number of likely N-dealkylation sites (tertiary alicyclic amines) is 1. The Morgan fingerprint density at radius 2 is 1.94 bits per heavy atom. The van der Waals surface area contributed by atoms with Crippen molar-refractivity contribution >= 4 is 17.4 Å². The van der Waals surface area contributed by atoms with E-state index in [0.717, 1.165) is 18.2 Å². The number of amides is 1. The summed E-state index contributed by atoms with van der Waals surface area (Å²) in [5, 5.41) is 11.1. The minimum absolute atomic E-state index is 0.0337.